The van der Waals surface area contributed by atoms with E-state index in [1.807, 2.05) is 18.2 Å². The van der Waals surface area contributed by atoms with Gasteiger partial charge in [0, 0.05) is 13.0 Å². The predicted molar refractivity (Wildman–Crippen MR) is 76.2 cm³/mol. The van der Waals surface area contributed by atoms with E-state index in [2.05, 4.69) is 0 Å². The number of carbonyl (C=O) groups is 2. The average molecular weight is 275 g/mol. The number of nitrogens with zero attached hydrogens (tertiary/aromatic N) is 1. The SMILES string of the molecule is CC(=O)N(C1CCCCC1)C(C(=O)O)c1ccccc1. The molecule has 0 spiro atoms. The van der Waals surface area contributed by atoms with Crippen LogP contribution in [0.1, 0.15) is 50.6 Å². The monoisotopic (exact) mass is 275 g/mol. The number of carboxylic acids is 1. The number of aliphatic carboxylic acids is 1. The Bertz CT molecular complexity index is 466. The lowest BCUT2D eigenvalue weighted by molar-refractivity contribution is -0.152. The van der Waals surface area contributed by atoms with Crippen molar-refractivity contribution in [3.8, 4) is 0 Å². The predicted octanol–water partition coefficient (Wildman–Crippen LogP) is 2.99. The number of amides is 1. The third-order valence-corrected chi connectivity index (χ3v) is 3.96. The molecule has 1 amide bonds. The highest BCUT2D eigenvalue weighted by Crippen LogP contribution is 2.30. The van der Waals surface area contributed by atoms with Gasteiger partial charge in [0.15, 0.2) is 6.04 Å². The van der Waals surface area contributed by atoms with Crippen LogP contribution in [0.3, 0.4) is 0 Å². The van der Waals surface area contributed by atoms with Crippen LogP contribution in [-0.2, 0) is 9.59 Å². The summed E-state index contributed by atoms with van der Waals surface area (Å²) in [6.45, 7) is 1.47. The second-order valence-corrected chi connectivity index (χ2v) is 5.37. The van der Waals surface area contributed by atoms with Crippen LogP contribution in [0, 0.1) is 0 Å². The van der Waals surface area contributed by atoms with Crippen molar-refractivity contribution in [2.75, 3.05) is 0 Å². The molecular weight excluding hydrogens is 254 g/mol. The summed E-state index contributed by atoms with van der Waals surface area (Å²) < 4.78 is 0. The van der Waals surface area contributed by atoms with Crippen LogP contribution in [0.5, 0.6) is 0 Å². The minimum absolute atomic E-state index is 0.0440. The highest BCUT2D eigenvalue weighted by molar-refractivity contribution is 5.83. The minimum Gasteiger partial charge on any atom is -0.479 e. The number of benzene rings is 1. The van der Waals surface area contributed by atoms with Gasteiger partial charge < -0.3 is 10.0 Å². The molecule has 0 bridgehead atoms. The van der Waals surface area contributed by atoms with Gasteiger partial charge in [-0.3, -0.25) is 4.79 Å². The van der Waals surface area contributed by atoms with E-state index >= 15 is 0 Å². The molecule has 1 aliphatic carbocycles. The summed E-state index contributed by atoms with van der Waals surface area (Å²) in [5.41, 5.74) is 0.667. The van der Waals surface area contributed by atoms with Crippen LogP contribution >= 0.6 is 0 Å². The summed E-state index contributed by atoms with van der Waals surface area (Å²) in [7, 11) is 0. The van der Waals surface area contributed by atoms with Gasteiger partial charge in [-0.25, -0.2) is 4.79 Å². The molecule has 1 aromatic rings. The molecule has 0 radical (unpaired) electrons. The Kier molecular flexibility index (Phi) is 4.77. The molecule has 1 saturated carbocycles. The fourth-order valence-corrected chi connectivity index (χ4v) is 3.07. The number of carbonyl (C=O) groups excluding carboxylic acids is 1. The van der Waals surface area contributed by atoms with Gasteiger partial charge in [0.2, 0.25) is 5.91 Å². The van der Waals surface area contributed by atoms with Crippen molar-refractivity contribution >= 4 is 11.9 Å². The highest BCUT2D eigenvalue weighted by atomic mass is 16.4. The zero-order valence-corrected chi connectivity index (χ0v) is 11.8. The summed E-state index contributed by atoms with van der Waals surface area (Å²) in [5.74, 6) is -1.12. The molecule has 20 heavy (non-hydrogen) atoms. The largest absolute Gasteiger partial charge is 0.479 e. The molecule has 4 heteroatoms. The quantitative estimate of drug-likeness (QED) is 0.919. The lowest BCUT2D eigenvalue weighted by Crippen LogP contribution is -2.45. The molecule has 4 nitrogen and oxygen atoms in total. The molecule has 1 aromatic carbocycles. The Hall–Kier alpha value is -1.84. The van der Waals surface area contributed by atoms with Crippen LogP contribution in [0.4, 0.5) is 0 Å². The first-order valence-electron chi connectivity index (χ1n) is 7.18. The lowest BCUT2D eigenvalue weighted by atomic mass is 9.91. The van der Waals surface area contributed by atoms with Crippen molar-refractivity contribution in [3.63, 3.8) is 0 Å². The van der Waals surface area contributed by atoms with E-state index in [-0.39, 0.29) is 11.9 Å². The molecule has 1 N–H and O–H groups in total. The van der Waals surface area contributed by atoms with Gasteiger partial charge in [-0.05, 0) is 18.4 Å². The third-order valence-electron chi connectivity index (χ3n) is 3.96. The molecule has 0 aliphatic heterocycles. The van der Waals surface area contributed by atoms with E-state index < -0.39 is 12.0 Å². The molecule has 1 atom stereocenters. The van der Waals surface area contributed by atoms with Gasteiger partial charge in [-0.1, -0.05) is 49.6 Å². The van der Waals surface area contributed by atoms with Gasteiger partial charge >= 0.3 is 5.97 Å². The Morgan fingerprint density at radius 1 is 1.15 bits per heavy atom. The smallest absolute Gasteiger partial charge is 0.331 e. The molecular formula is C16H21NO3. The normalized spacial score (nSPS) is 17.4. The van der Waals surface area contributed by atoms with Crippen LogP contribution < -0.4 is 0 Å². The second kappa shape index (κ2) is 6.55. The van der Waals surface area contributed by atoms with E-state index in [1.54, 1.807) is 17.0 Å². The van der Waals surface area contributed by atoms with Gasteiger partial charge in [-0.2, -0.15) is 0 Å². The minimum atomic E-state index is -0.961. The Morgan fingerprint density at radius 2 is 1.75 bits per heavy atom. The first-order chi connectivity index (χ1) is 9.61. The maximum atomic E-state index is 12.0. The molecule has 2 rings (SSSR count). The van der Waals surface area contributed by atoms with Crippen molar-refractivity contribution in [1.29, 1.82) is 0 Å². The van der Waals surface area contributed by atoms with Crippen molar-refractivity contribution in [2.24, 2.45) is 0 Å². The molecule has 0 heterocycles. The standard InChI is InChI=1S/C16H21NO3/c1-12(18)17(14-10-6-3-7-11-14)15(16(19)20)13-8-4-2-5-9-13/h2,4-5,8-9,14-15H,3,6-7,10-11H2,1H3,(H,19,20). The van der Waals surface area contributed by atoms with Gasteiger partial charge in [0.1, 0.15) is 0 Å². The number of hydrogen-bond donors (Lipinski definition) is 1. The van der Waals surface area contributed by atoms with Crippen molar-refractivity contribution < 1.29 is 14.7 Å². The van der Waals surface area contributed by atoms with Crippen LogP contribution in [0.2, 0.25) is 0 Å². The lowest BCUT2D eigenvalue weighted by Gasteiger charge is -2.37. The van der Waals surface area contributed by atoms with E-state index in [9.17, 15) is 14.7 Å². The van der Waals surface area contributed by atoms with Gasteiger partial charge in [-0.15, -0.1) is 0 Å². The summed E-state index contributed by atoms with van der Waals surface area (Å²) >= 11 is 0. The van der Waals surface area contributed by atoms with Gasteiger partial charge in [0.25, 0.3) is 0 Å². The molecule has 1 unspecified atom stereocenters. The Balaban J connectivity index is 2.33. The summed E-state index contributed by atoms with van der Waals surface area (Å²) in [6, 6.07) is 8.19. The summed E-state index contributed by atoms with van der Waals surface area (Å²) in [4.78, 5) is 25.3. The number of rotatable bonds is 4. The Morgan fingerprint density at radius 3 is 2.25 bits per heavy atom. The highest BCUT2D eigenvalue weighted by Gasteiger charge is 2.35. The summed E-state index contributed by atoms with van der Waals surface area (Å²) in [5, 5.41) is 9.58. The molecule has 0 aromatic heterocycles. The van der Waals surface area contributed by atoms with E-state index in [0.29, 0.717) is 5.56 Å². The van der Waals surface area contributed by atoms with E-state index in [1.165, 1.54) is 13.3 Å². The zero-order chi connectivity index (χ0) is 14.5. The number of hydrogen-bond acceptors (Lipinski definition) is 2. The fourth-order valence-electron chi connectivity index (χ4n) is 3.07. The first kappa shape index (κ1) is 14.6. The zero-order valence-electron chi connectivity index (χ0n) is 11.8. The average Bonchev–Trinajstić information content (AvgIpc) is 2.45. The molecule has 1 aliphatic rings. The van der Waals surface area contributed by atoms with Crippen LogP contribution in [-0.4, -0.2) is 27.9 Å². The van der Waals surface area contributed by atoms with E-state index in [0.717, 1.165) is 25.7 Å². The fraction of sp³-hybridized carbons (Fsp3) is 0.500. The summed E-state index contributed by atoms with van der Waals surface area (Å²) in [6.07, 6.45) is 5.10. The van der Waals surface area contributed by atoms with Crippen LogP contribution in [0.15, 0.2) is 30.3 Å². The molecule has 1 fully saturated rings. The van der Waals surface area contributed by atoms with Crippen LogP contribution in [0.25, 0.3) is 0 Å². The topological polar surface area (TPSA) is 57.6 Å². The van der Waals surface area contributed by atoms with Crippen molar-refractivity contribution in [2.45, 2.75) is 51.1 Å². The van der Waals surface area contributed by atoms with E-state index in [4.69, 9.17) is 0 Å². The van der Waals surface area contributed by atoms with Gasteiger partial charge in [0.05, 0.1) is 0 Å². The maximum Gasteiger partial charge on any atom is 0.331 e. The first-order valence-corrected chi connectivity index (χ1v) is 7.18. The van der Waals surface area contributed by atoms with Crippen molar-refractivity contribution in [1.82, 2.24) is 4.90 Å². The molecule has 108 valence electrons. The maximum absolute atomic E-state index is 12.0. The van der Waals surface area contributed by atoms with Crippen molar-refractivity contribution in [3.05, 3.63) is 35.9 Å². The Labute approximate surface area is 119 Å². The molecule has 0 saturated heterocycles. The number of carboxylic acid groups (broad SMARTS) is 1. The second-order valence-electron chi connectivity index (χ2n) is 5.37. The third kappa shape index (κ3) is 3.18.